The molecule has 1 saturated heterocycles. The third-order valence-corrected chi connectivity index (χ3v) is 6.08. The number of hydrogen-bond acceptors (Lipinski definition) is 4. The minimum Gasteiger partial charge on any atom is -0.366 e. The second kappa shape index (κ2) is 9.15. The molecule has 3 aliphatic rings. The van der Waals surface area contributed by atoms with E-state index in [9.17, 15) is 14.4 Å². The number of amides is 3. The highest BCUT2D eigenvalue weighted by molar-refractivity contribution is 14.0. The normalized spacial score (nSPS) is 26.6. The largest absolute Gasteiger partial charge is 0.366 e. The summed E-state index contributed by atoms with van der Waals surface area (Å²) in [5.41, 5.74) is 6.65. The Morgan fingerprint density at radius 2 is 1.83 bits per heavy atom. The van der Waals surface area contributed by atoms with Crippen molar-refractivity contribution in [2.45, 2.75) is 13.0 Å². The number of imide groups is 1. The summed E-state index contributed by atoms with van der Waals surface area (Å²) in [5.74, 6) is 0.142. The SMILES string of the molecule is CN=C(NCCN1C(=O)C2C3C=CC(C3)C2C1=O)NCc1cccc(C(N)=O)c1.I. The van der Waals surface area contributed by atoms with Gasteiger partial charge in [-0.15, -0.1) is 24.0 Å². The summed E-state index contributed by atoms with van der Waals surface area (Å²) in [6.07, 6.45) is 5.13. The number of nitrogens with one attached hydrogen (secondary N) is 2. The van der Waals surface area contributed by atoms with E-state index in [4.69, 9.17) is 5.73 Å². The highest BCUT2D eigenvalue weighted by atomic mass is 127. The van der Waals surface area contributed by atoms with Gasteiger partial charge in [-0.3, -0.25) is 24.3 Å². The van der Waals surface area contributed by atoms with Crippen LogP contribution in [-0.4, -0.2) is 48.7 Å². The van der Waals surface area contributed by atoms with Gasteiger partial charge in [-0.05, 0) is 36.0 Å². The van der Waals surface area contributed by atoms with Gasteiger partial charge in [-0.25, -0.2) is 0 Å². The smallest absolute Gasteiger partial charge is 0.248 e. The predicted octanol–water partition coefficient (Wildman–Crippen LogP) is 0.876. The Kier molecular flexibility index (Phi) is 6.79. The van der Waals surface area contributed by atoms with E-state index in [1.807, 2.05) is 6.07 Å². The molecule has 4 unspecified atom stereocenters. The summed E-state index contributed by atoms with van der Waals surface area (Å²) in [5, 5.41) is 6.29. The zero-order valence-electron chi connectivity index (χ0n) is 16.7. The summed E-state index contributed by atoms with van der Waals surface area (Å²) in [4.78, 5) is 42.2. The number of aliphatic imine (C=N–C) groups is 1. The summed E-state index contributed by atoms with van der Waals surface area (Å²) in [6, 6.07) is 7.05. The van der Waals surface area contributed by atoms with Gasteiger partial charge < -0.3 is 16.4 Å². The number of fused-ring (bicyclic) bond motifs is 5. The fraction of sp³-hybridized carbons (Fsp3) is 0.429. The first kappa shape index (κ1) is 22.3. The van der Waals surface area contributed by atoms with Gasteiger partial charge in [0.1, 0.15) is 0 Å². The molecule has 3 amide bonds. The van der Waals surface area contributed by atoms with Crippen LogP contribution in [-0.2, 0) is 16.1 Å². The summed E-state index contributed by atoms with van der Waals surface area (Å²) in [7, 11) is 1.65. The Morgan fingerprint density at radius 1 is 1.17 bits per heavy atom. The molecule has 9 heteroatoms. The van der Waals surface area contributed by atoms with E-state index in [2.05, 4.69) is 27.8 Å². The van der Waals surface area contributed by atoms with Crippen LogP contribution in [0, 0.1) is 23.7 Å². The average Bonchev–Trinajstić information content (AvgIpc) is 3.40. The first-order chi connectivity index (χ1) is 14.0. The molecule has 1 heterocycles. The standard InChI is InChI=1S/C21H25N5O3.HI/c1-23-21(25-11-12-3-2-4-15(9-12)18(22)27)24-7-8-26-19(28)16-13-5-6-14(10-13)17(16)20(26)29;/h2-6,9,13-14,16-17H,7-8,10-11H2,1H3,(H2,22,27)(H2,23,24,25);1H. The number of carbonyl (C=O) groups excluding carboxylic acids is 3. The maximum Gasteiger partial charge on any atom is 0.248 e. The molecule has 2 bridgehead atoms. The van der Waals surface area contributed by atoms with Crippen LogP contribution in [0.2, 0.25) is 0 Å². The number of nitrogens with two attached hydrogens (primary N) is 1. The van der Waals surface area contributed by atoms with E-state index in [1.165, 1.54) is 4.90 Å². The zero-order chi connectivity index (χ0) is 20.5. The topological polar surface area (TPSA) is 117 Å². The van der Waals surface area contributed by atoms with E-state index >= 15 is 0 Å². The Balaban J connectivity index is 0.00000256. The number of allylic oxidation sites excluding steroid dienone is 2. The van der Waals surface area contributed by atoms with Crippen molar-refractivity contribution in [3.8, 4) is 0 Å². The van der Waals surface area contributed by atoms with Crippen LogP contribution in [0.25, 0.3) is 0 Å². The highest BCUT2D eigenvalue weighted by Gasteiger charge is 2.58. The van der Waals surface area contributed by atoms with Crippen LogP contribution in [0.5, 0.6) is 0 Å². The minimum atomic E-state index is -0.470. The van der Waals surface area contributed by atoms with Crippen molar-refractivity contribution < 1.29 is 14.4 Å². The first-order valence-corrected chi connectivity index (χ1v) is 9.86. The molecular formula is C21H26IN5O3. The van der Waals surface area contributed by atoms with Crippen LogP contribution in [0.3, 0.4) is 0 Å². The Bertz CT molecular complexity index is 886. The number of benzene rings is 1. The predicted molar refractivity (Wildman–Crippen MR) is 123 cm³/mol. The van der Waals surface area contributed by atoms with Crippen molar-refractivity contribution in [3.63, 3.8) is 0 Å². The molecular weight excluding hydrogens is 497 g/mol. The molecule has 2 aliphatic carbocycles. The van der Waals surface area contributed by atoms with E-state index in [-0.39, 0.29) is 59.5 Å². The fourth-order valence-corrected chi connectivity index (χ4v) is 4.71. The van der Waals surface area contributed by atoms with Gasteiger partial charge in [-0.1, -0.05) is 24.3 Å². The molecule has 0 aromatic heterocycles. The van der Waals surface area contributed by atoms with Crippen molar-refractivity contribution >= 4 is 47.7 Å². The lowest BCUT2D eigenvalue weighted by Crippen LogP contribution is -2.43. The van der Waals surface area contributed by atoms with Crippen molar-refractivity contribution in [1.82, 2.24) is 15.5 Å². The molecule has 30 heavy (non-hydrogen) atoms. The Morgan fingerprint density at radius 3 is 2.43 bits per heavy atom. The molecule has 1 aromatic carbocycles. The second-order valence-electron chi connectivity index (χ2n) is 7.75. The second-order valence-corrected chi connectivity index (χ2v) is 7.75. The van der Waals surface area contributed by atoms with Crippen LogP contribution in [0.1, 0.15) is 22.3 Å². The van der Waals surface area contributed by atoms with Crippen LogP contribution >= 0.6 is 24.0 Å². The third-order valence-electron chi connectivity index (χ3n) is 6.08. The van der Waals surface area contributed by atoms with E-state index < -0.39 is 5.91 Å². The molecule has 1 saturated carbocycles. The lowest BCUT2D eigenvalue weighted by molar-refractivity contribution is -0.140. The summed E-state index contributed by atoms with van der Waals surface area (Å²) >= 11 is 0. The lowest BCUT2D eigenvalue weighted by Gasteiger charge is -2.18. The van der Waals surface area contributed by atoms with Crippen LogP contribution in [0.4, 0.5) is 0 Å². The van der Waals surface area contributed by atoms with E-state index in [1.54, 1.807) is 25.2 Å². The number of primary amides is 1. The number of carbonyl (C=O) groups is 3. The van der Waals surface area contributed by atoms with E-state index in [0.717, 1.165) is 12.0 Å². The van der Waals surface area contributed by atoms with Crippen molar-refractivity contribution in [1.29, 1.82) is 0 Å². The van der Waals surface area contributed by atoms with Gasteiger partial charge in [0.2, 0.25) is 17.7 Å². The average molecular weight is 523 g/mol. The van der Waals surface area contributed by atoms with E-state index in [0.29, 0.717) is 31.2 Å². The summed E-state index contributed by atoms with van der Waals surface area (Å²) in [6.45, 7) is 1.20. The number of nitrogens with zero attached hydrogens (tertiary/aromatic N) is 2. The van der Waals surface area contributed by atoms with Crippen molar-refractivity contribution in [2.24, 2.45) is 34.4 Å². The third kappa shape index (κ3) is 4.07. The molecule has 4 atom stereocenters. The molecule has 2 fully saturated rings. The highest BCUT2D eigenvalue weighted by Crippen LogP contribution is 2.52. The van der Waals surface area contributed by atoms with Gasteiger partial charge in [-0.2, -0.15) is 0 Å². The molecule has 0 radical (unpaired) electrons. The van der Waals surface area contributed by atoms with Gasteiger partial charge in [0.15, 0.2) is 5.96 Å². The number of halogens is 1. The van der Waals surface area contributed by atoms with Crippen molar-refractivity contribution in [2.75, 3.05) is 20.1 Å². The zero-order valence-corrected chi connectivity index (χ0v) is 19.0. The molecule has 1 aromatic rings. The van der Waals surface area contributed by atoms with Gasteiger partial charge in [0.05, 0.1) is 11.8 Å². The number of hydrogen-bond donors (Lipinski definition) is 3. The molecule has 4 N–H and O–H groups in total. The summed E-state index contributed by atoms with van der Waals surface area (Å²) < 4.78 is 0. The van der Waals surface area contributed by atoms with Gasteiger partial charge in [0, 0.05) is 32.2 Å². The molecule has 4 rings (SSSR count). The monoisotopic (exact) mass is 523 g/mol. The van der Waals surface area contributed by atoms with Crippen molar-refractivity contribution in [3.05, 3.63) is 47.5 Å². The Hall–Kier alpha value is -2.43. The number of guanidine groups is 1. The molecule has 1 aliphatic heterocycles. The molecule has 8 nitrogen and oxygen atoms in total. The Labute approximate surface area is 192 Å². The maximum absolute atomic E-state index is 12.7. The quantitative estimate of drug-likeness (QED) is 0.168. The van der Waals surface area contributed by atoms with Gasteiger partial charge >= 0.3 is 0 Å². The fourth-order valence-electron chi connectivity index (χ4n) is 4.71. The number of likely N-dealkylation sites (tertiary alicyclic amines) is 1. The van der Waals surface area contributed by atoms with Crippen LogP contribution < -0.4 is 16.4 Å². The lowest BCUT2D eigenvalue weighted by atomic mass is 9.85. The number of rotatable bonds is 6. The minimum absolute atomic E-state index is 0. The molecule has 0 spiro atoms. The van der Waals surface area contributed by atoms with Gasteiger partial charge in [0.25, 0.3) is 0 Å². The maximum atomic E-state index is 12.7. The van der Waals surface area contributed by atoms with Crippen LogP contribution in [0.15, 0.2) is 41.4 Å². The molecule has 160 valence electrons. The first-order valence-electron chi connectivity index (χ1n) is 9.86.